The molecule has 2 amide bonds. The summed E-state index contributed by atoms with van der Waals surface area (Å²) in [5.41, 5.74) is 0.702. The van der Waals surface area contributed by atoms with Gasteiger partial charge < -0.3 is 35.4 Å². The third-order valence-electron chi connectivity index (χ3n) is 6.99. The van der Waals surface area contributed by atoms with E-state index in [-0.39, 0.29) is 37.1 Å². The van der Waals surface area contributed by atoms with Gasteiger partial charge in [-0.2, -0.15) is 0 Å². The van der Waals surface area contributed by atoms with Crippen molar-refractivity contribution in [1.29, 1.82) is 0 Å². The number of carboxylic acids is 2. The molecule has 2 aliphatic heterocycles. The number of rotatable bonds is 10. The van der Waals surface area contributed by atoms with Gasteiger partial charge in [0.2, 0.25) is 5.91 Å². The molecule has 0 unspecified atom stereocenters. The number of hydrogen-bond acceptors (Lipinski definition) is 7. The first kappa shape index (κ1) is 31.7. The standard InChI is InChI=1S/C25H33Cl2N5O7S/c1-39-25(38)32-9-8-31(21(33)11-15-4-5-16(26)17(27)10-15)20(14-30-6-2-3-7-30)19(32)13-28-24(40)29-18(23(36)37)12-22(34)35/h4-5,10,18-20H,2-3,6-9,11-14H2,1H3,(H,34,35)(H,36,37)(H2,28,29,40)/t18-,19-,20+/m0/s1. The lowest BCUT2D eigenvalue weighted by atomic mass is 9.99. The lowest BCUT2D eigenvalue weighted by Gasteiger charge is -2.48. The van der Waals surface area contributed by atoms with Crippen LogP contribution in [0.2, 0.25) is 10.0 Å². The fourth-order valence-corrected chi connectivity index (χ4v) is 5.57. The highest BCUT2D eigenvalue weighted by Gasteiger charge is 2.42. The molecule has 0 radical (unpaired) electrons. The second-order valence-electron chi connectivity index (χ2n) is 9.66. The summed E-state index contributed by atoms with van der Waals surface area (Å²) in [7, 11) is 1.28. The van der Waals surface area contributed by atoms with Gasteiger partial charge in [0, 0.05) is 26.2 Å². The first-order valence-electron chi connectivity index (χ1n) is 12.8. The number of nitrogens with one attached hydrogen (secondary N) is 2. The fourth-order valence-electron chi connectivity index (χ4n) is 5.02. The molecule has 2 aliphatic rings. The van der Waals surface area contributed by atoms with Crippen molar-refractivity contribution in [2.24, 2.45) is 0 Å². The van der Waals surface area contributed by atoms with Gasteiger partial charge in [-0.1, -0.05) is 29.3 Å². The number of halogens is 2. The van der Waals surface area contributed by atoms with Crippen molar-refractivity contribution in [1.82, 2.24) is 25.3 Å². The Morgan fingerprint density at radius 2 is 1.73 bits per heavy atom. The topological polar surface area (TPSA) is 152 Å². The Hall–Kier alpha value is -2.87. The smallest absolute Gasteiger partial charge is 0.409 e. The van der Waals surface area contributed by atoms with E-state index in [1.807, 2.05) is 0 Å². The number of thiocarbonyl (C=S) groups is 1. The molecule has 0 bridgehead atoms. The first-order valence-corrected chi connectivity index (χ1v) is 14.0. The summed E-state index contributed by atoms with van der Waals surface area (Å²) in [4.78, 5) is 54.4. The van der Waals surface area contributed by atoms with Crippen molar-refractivity contribution >= 4 is 64.5 Å². The number of methoxy groups -OCH3 is 1. The molecule has 1 aromatic rings. The SMILES string of the molecule is COC(=O)N1CCN(C(=O)Cc2ccc(Cl)c(Cl)c2)[C@H](CN2CCCC2)[C@@H]1CNC(=S)N[C@@H](CC(=O)O)C(=O)O. The van der Waals surface area contributed by atoms with Crippen LogP contribution in [-0.4, -0.2) is 118 Å². The van der Waals surface area contributed by atoms with Gasteiger partial charge >= 0.3 is 18.0 Å². The van der Waals surface area contributed by atoms with Crippen LogP contribution < -0.4 is 10.6 Å². The molecule has 15 heteroatoms. The van der Waals surface area contributed by atoms with Gasteiger partial charge in [0.05, 0.1) is 42.1 Å². The number of nitrogens with zero attached hydrogens (tertiary/aromatic N) is 3. The molecule has 0 saturated carbocycles. The number of carbonyl (C=O) groups excluding carboxylic acids is 2. The van der Waals surface area contributed by atoms with E-state index in [2.05, 4.69) is 15.5 Å². The van der Waals surface area contributed by atoms with Crippen molar-refractivity contribution < 1.29 is 34.1 Å². The second-order valence-corrected chi connectivity index (χ2v) is 10.9. The number of hydrogen-bond donors (Lipinski definition) is 4. The number of aliphatic carboxylic acids is 2. The van der Waals surface area contributed by atoms with E-state index in [0.29, 0.717) is 22.2 Å². The molecule has 0 spiro atoms. The molecule has 2 heterocycles. The molecule has 40 heavy (non-hydrogen) atoms. The normalized spacial score (nSPS) is 20.1. The van der Waals surface area contributed by atoms with E-state index in [1.54, 1.807) is 23.1 Å². The van der Waals surface area contributed by atoms with Crippen LogP contribution in [0.4, 0.5) is 4.79 Å². The minimum Gasteiger partial charge on any atom is -0.481 e. The maximum absolute atomic E-state index is 13.6. The van der Waals surface area contributed by atoms with E-state index in [4.69, 9.17) is 45.3 Å². The minimum atomic E-state index is -1.44. The average molecular weight is 619 g/mol. The maximum Gasteiger partial charge on any atom is 0.409 e. The molecule has 2 saturated heterocycles. The monoisotopic (exact) mass is 617 g/mol. The molecule has 3 rings (SSSR count). The van der Waals surface area contributed by atoms with Gasteiger partial charge in [-0.3, -0.25) is 14.5 Å². The molecule has 0 aliphatic carbocycles. The van der Waals surface area contributed by atoms with E-state index < -0.39 is 42.6 Å². The number of carbonyl (C=O) groups is 4. The van der Waals surface area contributed by atoms with Crippen LogP contribution in [0.3, 0.4) is 0 Å². The molecule has 1 aromatic carbocycles. The highest BCUT2D eigenvalue weighted by Crippen LogP contribution is 2.25. The molecular formula is C25H33Cl2N5O7S. The van der Waals surface area contributed by atoms with Gasteiger partial charge in [0.25, 0.3) is 0 Å². The Morgan fingerprint density at radius 1 is 1.05 bits per heavy atom. The number of carboxylic acid groups (broad SMARTS) is 2. The number of amides is 2. The molecule has 3 atom stereocenters. The van der Waals surface area contributed by atoms with Gasteiger partial charge in [-0.15, -0.1) is 0 Å². The molecule has 220 valence electrons. The molecule has 2 fully saturated rings. The summed E-state index contributed by atoms with van der Waals surface area (Å²) in [6.07, 6.45) is 0.900. The zero-order chi connectivity index (χ0) is 29.4. The third-order valence-corrected chi connectivity index (χ3v) is 7.99. The molecule has 4 N–H and O–H groups in total. The van der Waals surface area contributed by atoms with Gasteiger partial charge in [-0.05, 0) is 55.8 Å². The van der Waals surface area contributed by atoms with Gasteiger partial charge in [0.15, 0.2) is 5.11 Å². The predicted molar refractivity (Wildman–Crippen MR) is 152 cm³/mol. The van der Waals surface area contributed by atoms with Gasteiger partial charge in [0.1, 0.15) is 6.04 Å². The van der Waals surface area contributed by atoms with E-state index in [1.165, 1.54) is 12.0 Å². The first-order chi connectivity index (χ1) is 19.0. The molecule has 0 aromatic heterocycles. The zero-order valence-corrected chi connectivity index (χ0v) is 24.3. The average Bonchev–Trinajstić information content (AvgIpc) is 3.41. The zero-order valence-electron chi connectivity index (χ0n) is 22.0. The van der Waals surface area contributed by atoms with Crippen LogP contribution in [0, 0.1) is 0 Å². The van der Waals surface area contributed by atoms with Gasteiger partial charge in [-0.25, -0.2) is 9.59 Å². The highest BCUT2D eigenvalue weighted by molar-refractivity contribution is 7.80. The van der Waals surface area contributed by atoms with Crippen LogP contribution in [0.5, 0.6) is 0 Å². The lowest BCUT2D eigenvalue weighted by molar-refractivity contribution is -0.145. The van der Waals surface area contributed by atoms with Crippen LogP contribution in [-0.2, 0) is 25.5 Å². The largest absolute Gasteiger partial charge is 0.481 e. The quantitative estimate of drug-likeness (QED) is 0.284. The molecular weight excluding hydrogens is 585 g/mol. The fraction of sp³-hybridized carbons (Fsp3) is 0.560. The number of likely N-dealkylation sites (tertiary alicyclic amines) is 1. The lowest BCUT2D eigenvalue weighted by Crippen LogP contribution is -2.68. The number of ether oxygens (including phenoxy) is 1. The summed E-state index contributed by atoms with van der Waals surface area (Å²) < 4.78 is 5.02. The van der Waals surface area contributed by atoms with E-state index in [9.17, 15) is 24.3 Å². The van der Waals surface area contributed by atoms with E-state index >= 15 is 0 Å². The Bertz CT molecular complexity index is 1120. The third kappa shape index (κ3) is 8.56. The Balaban J connectivity index is 1.83. The van der Waals surface area contributed by atoms with Crippen molar-refractivity contribution in [2.45, 2.75) is 43.8 Å². The summed E-state index contributed by atoms with van der Waals surface area (Å²) in [6, 6.07) is 2.57. The van der Waals surface area contributed by atoms with Crippen molar-refractivity contribution in [2.75, 3.05) is 46.4 Å². The molecule has 12 nitrogen and oxygen atoms in total. The Morgan fingerprint density at radius 3 is 2.33 bits per heavy atom. The van der Waals surface area contributed by atoms with Crippen LogP contribution in [0.25, 0.3) is 0 Å². The number of benzene rings is 1. The predicted octanol–water partition coefficient (Wildman–Crippen LogP) is 1.67. The Kier molecular flexibility index (Phi) is 11.6. The summed E-state index contributed by atoms with van der Waals surface area (Å²) >= 11 is 17.4. The van der Waals surface area contributed by atoms with Crippen molar-refractivity contribution in [3.05, 3.63) is 33.8 Å². The summed E-state index contributed by atoms with van der Waals surface area (Å²) in [6.45, 7) is 2.78. The number of piperazine rings is 1. The minimum absolute atomic E-state index is 0.0649. The van der Waals surface area contributed by atoms with Crippen LogP contribution in [0.15, 0.2) is 18.2 Å². The Labute approximate surface area is 247 Å². The van der Waals surface area contributed by atoms with Crippen molar-refractivity contribution in [3.8, 4) is 0 Å². The van der Waals surface area contributed by atoms with Crippen LogP contribution in [0.1, 0.15) is 24.8 Å². The van der Waals surface area contributed by atoms with E-state index in [0.717, 1.165) is 25.9 Å². The summed E-state index contributed by atoms with van der Waals surface area (Å²) in [5, 5.41) is 24.4. The van der Waals surface area contributed by atoms with Crippen LogP contribution >= 0.6 is 35.4 Å². The summed E-state index contributed by atoms with van der Waals surface area (Å²) in [5.74, 6) is -2.81. The van der Waals surface area contributed by atoms with Crippen molar-refractivity contribution in [3.63, 3.8) is 0 Å². The second kappa shape index (κ2) is 14.7. The highest BCUT2D eigenvalue weighted by atomic mass is 35.5. The maximum atomic E-state index is 13.6.